The van der Waals surface area contributed by atoms with E-state index in [4.69, 9.17) is 14.2 Å². The van der Waals surface area contributed by atoms with Crippen LogP contribution in [0.2, 0.25) is 0 Å². The molecule has 8 nitrogen and oxygen atoms in total. The largest absolute Gasteiger partial charge is 0.507 e. The molecule has 2 aromatic rings. The Hall–Kier alpha value is -3.52. The number of nitrogens with zero attached hydrogens (tertiary/aromatic N) is 2. The summed E-state index contributed by atoms with van der Waals surface area (Å²) in [4.78, 5) is 30.5. The minimum absolute atomic E-state index is 0.0642. The third-order valence-corrected chi connectivity index (χ3v) is 7.10. The first kappa shape index (κ1) is 27.5. The van der Waals surface area contributed by atoms with Crippen molar-refractivity contribution in [2.75, 3.05) is 46.0 Å². The molecule has 1 atom stereocenters. The molecule has 2 aliphatic rings. The molecule has 8 heteroatoms. The number of carbonyl (C=O) groups is 2. The molecule has 4 rings (SSSR count). The quantitative estimate of drug-likeness (QED) is 0.186. The van der Waals surface area contributed by atoms with Gasteiger partial charge in [0.05, 0.1) is 18.2 Å². The lowest BCUT2D eigenvalue weighted by Crippen LogP contribution is -2.38. The van der Waals surface area contributed by atoms with E-state index in [-0.39, 0.29) is 11.3 Å². The van der Waals surface area contributed by atoms with Gasteiger partial charge in [0.25, 0.3) is 11.7 Å². The van der Waals surface area contributed by atoms with Crippen LogP contribution in [0.25, 0.3) is 5.76 Å². The summed E-state index contributed by atoms with van der Waals surface area (Å²) < 4.78 is 17.2. The predicted octanol–water partition coefficient (Wildman–Crippen LogP) is 4.79. The van der Waals surface area contributed by atoms with E-state index < -0.39 is 17.7 Å². The number of ether oxygens (including phenoxy) is 3. The summed E-state index contributed by atoms with van der Waals surface area (Å²) in [6.45, 7) is 10.4. The summed E-state index contributed by atoms with van der Waals surface area (Å²) in [6.07, 6.45) is 3.14. The van der Waals surface area contributed by atoms with E-state index in [0.717, 1.165) is 37.9 Å². The Kier molecular flexibility index (Phi) is 9.29. The zero-order chi connectivity index (χ0) is 27.1. The minimum Gasteiger partial charge on any atom is -0.507 e. The van der Waals surface area contributed by atoms with Crippen molar-refractivity contribution < 1.29 is 28.9 Å². The van der Waals surface area contributed by atoms with E-state index in [9.17, 15) is 14.7 Å². The number of rotatable bonds is 12. The number of aliphatic hydroxyl groups excluding tert-OH is 1. The van der Waals surface area contributed by atoms with Crippen LogP contribution in [0.1, 0.15) is 57.2 Å². The van der Waals surface area contributed by atoms with Gasteiger partial charge in [-0.15, -0.1) is 0 Å². The van der Waals surface area contributed by atoms with Crippen molar-refractivity contribution in [3.05, 3.63) is 59.2 Å². The summed E-state index contributed by atoms with van der Waals surface area (Å²) in [5.74, 6) is 0.205. The number of hydrogen-bond acceptors (Lipinski definition) is 7. The second-order valence-corrected chi connectivity index (χ2v) is 9.51. The van der Waals surface area contributed by atoms with Gasteiger partial charge in [-0.05, 0) is 55.4 Å². The summed E-state index contributed by atoms with van der Waals surface area (Å²) in [5.41, 5.74) is 1.18. The first-order chi connectivity index (χ1) is 18.5. The lowest BCUT2D eigenvalue weighted by Gasteiger charge is -2.28. The highest BCUT2D eigenvalue weighted by atomic mass is 16.6. The first-order valence-corrected chi connectivity index (χ1v) is 13.6. The Morgan fingerprint density at radius 2 is 1.79 bits per heavy atom. The van der Waals surface area contributed by atoms with E-state index in [1.165, 1.54) is 0 Å². The molecule has 0 aromatic heterocycles. The summed E-state index contributed by atoms with van der Waals surface area (Å²) in [6, 6.07) is 11.8. The number of aliphatic hydroxyl groups is 1. The number of benzene rings is 2. The molecule has 2 aliphatic heterocycles. The molecular formula is C30H38N2O6. The molecule has 38 heavy (non-hydrogen) atoms. The smallest absolute Gasteiger partial charge is 0.295 e. The molecule has 1 saturated heterocycles. The van der Waals surface area contributed by atoms with Crippen LogP contribution in [0.3, 0.4) is 0 Å². The van der Waals surface area contributed by atoms with E-state index in [1.807, 2.05) is 24.3 Å². The molecule has 1 amide bonds. The van der Waals surface area contributed by atoms with Crippen molar-refractivity contribution in [1.29, 1.82) is 0 Å². The number of Topliss-reactive ketones (excluding diaryl/α,β-unsaturated/α-hetero) is 1. The van der Waals surface area contributed by atoms with Crippen LogP contribution >= 0.6 is 0 Å². The number of hydrogen-bond donors (Lipinski definition) is 1. The fraction of sp³-hybridized carbons (Fsp3) is 0.467. The van der Waals surface area contributed by atoms with Crippen LogP contribution in [-0.4, -0.2) is 72.6 Å². The molecule has 0 aliphatic carbocycles. The fourth-order valence-corrected chi connectivity index (χ4v) is 4.91. The zero-order valence-electron chi connectivity index (χ0n) is 22.6. The number of carbonyl (C=O) groups excluding carboxylic acids is 2. The summed E-state index contributed by atoms with van der Waals surface area (Å²) in [5, 5.41) is 11.4. The number of likely N-dealkylation sites (tertiary alicyclic amines) is 1. The highest BCUT2D eigenvalue weighted by Gasteiger charge is 2.46. The van der Waals surface area contributed by atoms with E-state index in [1.54, 1.807) is 23.1 Å². The summed E-state index contributed by atoms with van der Waals surface area (Å²) >= 11 is 0. The van der Waals surface area contributed by atoms with E-state index >= 15 is 0 Å². The van der Waals surface area contributed by atoms with Crippen molar-refractivity contribution in [2.45, 2.75) is 46.1 Å². The van der Waals surface area contributed by atoms with Crippen LogP contribution < -0.4 is 14.2 Å². The van der Waals surface area contributed by atoms with Crippen molar-refractivity contribution in [3.63, 3.8) is 0 Å². The molecule has 2 aromatic carbocycles. The number of ketones is 1. The standard InChI is InChI=1S/C30H38N2O6/c1-4-7-8-16-36-23-11-9-10-21(19-23)27-26(29(34)30(35)32(27)15-14-31(5-2)6-3)28(33)22-12-13-24-25(20-22)38-18-17-37-24/h9-13,19-20,27,33H,4-8,14-18H2,1-3H3/b28-26+/t27-/m1/s1. The number of unbranched alkanes of at least 4 members (excludes halogenated alkanes) is 2. The lowest BCUT2D eigenvalue weighted by atomic mass is 9.95. The summed E-state index contributed by atoms with van der Waals surface area (Å²) in [7, 11) is 0. The van der Waals surface area contributed by atoms with Gasteiger partial charge in [0.1, 0.15) is 24.7 Å². The molecule has 204 valence electrons. The molecule has 0 saturated carbocycles. The maximum absolute atomic E-state index is 13.4. The van der Waals surface area contributed by atoms with E-state index in [2.05, 4.69) is 25.7 Å². The highest BCUT2D eigenvalue weighted by molar-refractivity contribution is 6.46. The Bertz CT molecular complexity index is 1170. The molecule has 0 unspecified atom stereocenters. The van der Waals surface area contributed by atoms with Crippen LogP contribution in [0.4, 0.5) is 0 Å². The molecule has 1 fully saturated rings. The molecule has 0 bridgehead atoms. The number of likely N-dealkylation sites (N-methyl/N-ethyl adjacent to an activating group) is 1. The maximum atomic E-state index is 13.4. The van der Waals surface area contributed by atoms with Gasteiger partial charge >= 0.3 is 0 Å². The average Bonchev–Trinajstić information content (AvgIpc) is 3.20. The molecular weight excluding hydrogens is 484 g/mol. The van der Waals surface area contributed by atoms with Crippen molar-refractivity contribution in [3.8, 4) is 17.2 Å². The van der Waals surface area contributed by atoms with Crippen LogP contribution in [0.15, 0.2) is 48.0 Å². The SMILES string of the molecule is CCCCCOc1cccc([C@@H]2/C(=C(\O)c3ccc4c(c3)OCCO4)C(=O)C(=O)N2CCN(CC)CC)c1. The van der Waals surface area contributed by atoms with Gasteiger partial charge in [-0.1, -0.05) is 45.7 Å². The van der Waals surface area contributed by atoms with Crippen LogP contribution in [0.5, 0.6) is 17.2 Å². The Morgan fingerprint density at radius 3 is 2.53 bits per heavy atom. The number of amides is 1. The van der Waals surface area contributed by atoms with Crippen LogP contribution in [0, 0.1) is 0 Å². The average molecular weight is 523 g/mol. The first-order valence-electron chi connectivity index (χ1n) is 13.6. The van der Waals surface area contributed by atoms with Crippen LogP contribution in [-0.2, 0) is 9.59 Å². The second kappa shape index (κ2) is 12.8. The Labute approximate surface area is 224 Å². The van der Waals surface area contributed by atoms with Gasteiger partial charge in [-0.3, -0.25) is 9.59 Å². The topological polar surface area (TPSA) is 88.5 Å². The molecule has 0 spiro atoms. The van der Waals surface area contributed by atoms with Gasteiger partial charge < -0.3 is 29.1 Å². The predicted molar refractivity (Wildman–Crippen MR) is 146 cm³/mol. The molecule has 0 radical (unpaired) electrons. The third-order valence-electron chi connectivity index (χ3n) is 7.10. The van der Waals surface area contributed by atoms with Gasteiger partial charge in [0.15, 0.2) is 11.5 Å². The lowest BCUT2D eigenvalue weighted by molar-refractivity contribution is -0.140. The van der Waals surface area contributed by atoms with Crippen molar-refractivity contribution >= 4 is 17.4 Å². The maximum Gasteiger partial charge on any atom is 0.295 e. The molecule has 2 heterocycles. The highest BCUT2D eigenvalue weighted by Crippen LogP contribution is 2.41. The Morgan fingerprint density at radius 1 is 1.03 bits per heavy atom. The van der Waals surface area contributed by atoms with Gasteiger partial charge in [0, 0.05) is 18.7 Å². The van der Waals surface area contributed by atoms with Crippen molar-refractivity contribution in [1.82, 2.24) is 9.80 Å². The fourth-order valence-electron chi connectivity index (χ4n) is 4.91. The van der Waals surface area contributed by atoms with E-state index in [0.29, 0.717) is 55.7 Å². The monoisotopic (exact) mass is 522 g/mol. The second-order valence-electron chi connectivity index (χ2n) is 9.51. The molecule has 1 N–H and O–H groups in total. The number of fused-ring (bicyclic) bond motifs is 1. The van der Waals surface area contributed by atoms with Gasteiger partial charge in [0.2, 0.25) is 0 Å². The van der Waals surface area contributed by atoms with Gasteiger partial charge in [-0.25, -0.2) is 0 Å². The Balaban J connectivity index is 1.73. The third kappa shape index (κ3) is 5.96. The minimum atomic E-state index is -0.738. The van der Waals surface area contributed by atoms with Crippen molar-refractivity contribution in [2.24, 2.45) is 0 Å². The normalized spacial score (nSPS) is 18.3. The van der Waals surface area contributed by atoms with Gasteiger partial charge in [-0.2, -0.15) is 0 Å². The zero-order valence-corrected chi connectivity index (χ0v) is 22.6.